The molecule has 0 bridgehead atoms. The summed E-state index contributed by atoms with van der Waals surface area (Å²) in [4.78, 5) is 14.3. The summed E-state index contributed by atoms with van der Waals surface area (Å²) in [6.45, 7) is 3.13. The lowest BCUT2D eigenvalue weighted by Gasteiger charge is -2.37. The molecule has 1 N–H and O–H groups in total. The number of likely N-dealkylation sites (tertiary alicyclic amines) is 1. The fourth-order valence-electron chi connectivity index (χ4n) is 3.57. The molecule has 3 rings (SSSR count). The van der Waals surface area contributed by atoms with Crippen molar-refractivity contribution >= 4 is 6.03 Å². The number of hydrogen-bond acceptors (Lipinski definition) is 2. The Kier molecular flexibility index (Phi) is 4.26. The van der Waals surface area contributed by atoms with Gasteiger partial charge in [-0.3, -0.25) is 0 Å². The van der Waals surface area contributed by atoms with E-state index in [0.29, 0.717) is 19.2 Å². The zero-order valence-corrected chi connectivity index (χ0v) is 11.8. The highest BCUT2D eigenvalue weighted by atomic mass is 16.5. The number of fused-ring (bicyclic) bond motifs is 1. The Morgan fingerprint density at radius 1 is 1.16 bits per heavy atom. The van der Waals surface area contributed by atoms with Crippen LogP contribution in [0.15, 0.2) is 0 Å². The summed E-state index contributed by atoms with van der Waals surface area (Å²) in [5, 5.41) is 3.02. The van der Waals surface area contributed by atoms with Crippen LogP contribution in [-0.2, 0) is 4.74 Å². The topological polar surface area (TPSA) is 41.6 Å². The fraction of sp³-hybridized carbons (Fsp3) is 0.933. The lowest BCUT2D eigenvalue weighted by Crippen LogP contribution is -2.51. The van der Waals surface area contributed by atoms with Crippen LogP contribution in [0.5, 0.6) is 0 Å². The van der Waals surface area contributed by atoms with Gasteiger partial charge in [0.05, 0.1) is 6.61 Å². The largest absolute Gasteiger partial charge is 0.379 e. The molecule has 19 heavy (non-hydrogen) atoms. The summed E-state index contributed by atoms with van der Waals surface area (Å²) in [5.74, 6) is 1.57. The van der Waals surface area contributed by atoms with Gasteiger partial charge >= 0.3 is 6.03 Å². The molecule has 0 spiro atoms. The summed E-state index contributed by atoms with van der Waals surface area (Å²) < 4.78 is 5.55. The van der Waals surface area contributed by atoms with E-state index in [1.165, 1.54) is 44.9 Å². The lowest BCUT2D eigenvalue weighted by atomic mass is 9.92. The lowest BCUT2D eigenvalue weighted by molar-refractivity contribution is 0.112. The first-order valence-electron chi connectivity index (χ1n) is 7.97. The number of piperidine rings is 1. The number of hydrogen-bond donors (Lipinski definition) is 1. The second-order valence-corrected chi connectivity index (χ2v) is 6.34. The van der Waals surface area contributed by atoms with Crippen molar-refractivity contribution in [3.05, 3.63) is 0 Å². The minimum absolute atomic E-state index is 0.131. The van der Waals surface area contributed by atoms with Crippen molar-refractivity contribution in [3.8, 4) is 0 Å². The fourth-order valence-corrected chi connectivity index (χ4v) is 3.57. The summed E-state index contributed by atoms with van der Waals surface area (Å²) in [6, 6.07) is 0.646. The molecule has 2 atom stereocenters. The maximum atomic E-state index is 12.2. The molecule has 3 fully saturated rings. The maximum absolute atomic E-state index is 12.2. The van der Waals surface area contributed by atoms with Crippen LogP contribution in [0.4, 0.5) is 4.79 Å². The highest BCUT2D eigenvalue weighted by Crippen LogP contribution is 2.36. The van der Waals surface area contributed by atoms with Crippen LogP contribution in [0.3, 0.4) is 0 Å². The van der Waals surface area contributed by atoms with Crippen LogP contribution >= 0.6 is 0 Å². The Morgan fingerprint density at radius 3 is 2.84 bits per heavy atom. The Morgan fingerprint density at radius 2 is 2.00 bits per heavy atom. The van der Waals surface area contributed by atoms with Crippen molar-refractivity contribution in [2.24, 2.45) is 11.8 Å². The number of rotatable bonds is 5. The van der Waals surface area contributed by atoms with E-state index in [1.807, 2.05) is 0 Å². The molecular formula is C15H26N2O2. The van der Waals surface area contributed by atoms with E-state index in [4.69, 9.17) is 4.74 Å². The normalized spacial score (nSPS) is 30.2. The van der Waals surface area contributed by atoms with Crippen molar-refractivity contribution < 1.29 is 9.53 Å². The highest BCUT2D eigenvalue weighted by molar-refractivity contribution is 5.74. The van der Waals surface area contributed by atoms with Crippen molar-refractivity contribution in [1.29, 1.82) is 0 Å². The molecule has 2 aliphatic carbocycles. The maximum Gasteiger partial charge on any atom is 0.317 e. The zero-order chi connectivity index (χ0) is 13.1. The molecule has 0 aromatic rings. The quantitative estimate of drug-likeness (QED) is 0.776. The van der Waals surface area contributed by atoms with Gasteiger partial charge in [0.15, 0.2) is 0 Å². The molecule has 3 aliphatic rings. The van der Waals surface area contributed by atoms with Crippen LogP contribution in [0, 0.1) is 11.8 Å². The van der Waals surface area contributed by atoms with E-state index in [0.717, 1.165) is 25.0 Å². The van der Waals surface area contributed by atoms with Gasteiger partial charge in [0.1, 0.15) is 0 Å². The Hall–Kier alpha value is -0.770. The van der Waals surface area contributed by atoms with Gasteiger partial charge in [0.25, 0.3) is 0 Å². The third kappa shape index (κ3) is 3.41. The van der Waals surface area contributed by atoms with Crippen LogP contribution in [-0.4, -0.2) is 43.3 Å². The summed E-state index contributed by atoms with van der Waals surface area (Å²) in [6.07, 6.45) is 8.96. The molecular weight excluding hydrogens is 240 g/mol. The Bertz CT molecular complexity index is 317. The number of urea groups is 1. The average molecular weight is 266 g/mol. The monoisotopic (exact) mass is 266 g/mol. The van der Waals surface area contributed by atoms with Gasteiger partial charge in [0, 0.05) is 25.7 Å². The van der Waals surface area contributed by atoms with Crippen molar-refractivity contribution in [2.75, 3.05) is 26.3 Å². The molecule has 4 nitrogen and oxygen atoms in total. The first-order chi connectivity index (χ1) is 9.34. The minimum atomic E-state index is 0.131. The van der Waals surface area contributed by atoms with E-state index in [2.05, 4.69) is 10.2 Å². The van der Waals surface area contributed by atoms with Gasteiger partial charge in [0.2, 0.25) is 0 Å². The average Bonchev–Trinajstić information content (AvgIpc) is 3.12. The molecule has 0 aromatic heterocycles. The second kappa shape index (κ2) is 6.12. The van der Waals surface area contributed by atoms with E-state index in [9.17, 15) is 4.79 Å². The van der Waals surface area contributed by atoms with E-state index in [-0.39, 0.29) is 6.03 Å². The highest BCUT2D eigenvalue weighted by Gasteiger charge is 2.37. The molecule has 108 valence electrons. The molecule has 0 radical (unpaired) electrons. The van der Waals surface area contributed by atoms with Gasteiger partial charge in [-0.05, 0) is 50.4 Å². The summed E-state index contributed by atoms with van der Waals surface area (Å²) in [5.41, 5.74) is 0. The third-order valence-corrected chi connectivity index (χ3v) is 4.83. The molecule has 1 aliphatic heterocycles. The van der Waals surface area contributed by atoms with E-state index < -0.39 is 0 Å². The first-order valence-corrected chi connectivity index (χ1v) is 7.97. The standard InChI is InChI=1S/C15H26N2O2/c18-15(16-8-10-19-11-12-6-7-12)17-9-2-4-13-3-1-5-14(13)17/h12-14H,1-11H2,(H,16,18)/t13-,14-/m0/s1. The number of amides is 2. The summed E-state index contributed by atoms with van der Waals surface area (Å²) >= 11 is 0. The van der Waals surface area contributed by atoms with Gasteiger partial charge in [-0.25, -0.2) is 4.79 Å². The van der Waals surface area contributed by atoms with Crippen molar-refractivity contribution in [3.63, 3.8) is 0 Å². The Labute approximate surface area is 115 Å². The SMILES string of the molecule is O=C(NCCOCC1CC1)N1CCC[C@@H]2CCC[C@@H]21. The van der Waals surface area contributed by atoms with Gasteiger partial charge in [-0.2, -0.15) is 0 Å². The molecule has 1 saturated heterocycles. The molecule has 1 heterocycles. The van der Waals surface area contributed by atoms with Crippen molar-refractivity contribution in [2.45, 2.75) is 51.0 Å². The third-order valence-electron chi connectivity index (χ3n) is 4.83. The zero-order valence-electron chi connectivity index (χ0n) is 11.8. The van der Waals surface area contributed by atoms with Gasteiger partial charge in [-0.1, -0.05) is 6.42 Å². The molecule has 2 saturated carbocycles. The molecule has 4 heteroatoms. The Balaban J connectivity index is 1.36. The molecule has 2 amide bonds. The number of ether oxygens (including phenoxy) is 1. The van der Waals surface area contributed by atoms with Crippen LogP contribution < -0.4 is 5.32 Å². The summed E-state index contributed by atoms with van der Waals surface area (Å²) in [7, 11) is 0. The van der Waals surface area contributed by atoms with Gasteiger partial charge < -0.3 is 15.0 Å². The predicted molar refractivity (Wildman–Crippen MR) is 74.0 cm³/mol. The number of nitrogens with one attached hydrogen (secondary N) is 1. The second-order valence-electron chi connectivity index (χ2n) is 6.34. The number of carbonyl (C=O) groups is 1. The van der Waals surface area contributed by atoms with Crippen LogP contribution in [0.1, 0.15) is 44.9 Å². The smallest absolute Gasteiger partial charge is 0.317 e. The van der Waals surface area contributed by atoms with E-state index in [1.54, 1.807) is 0 Å². The molecule has 0 unspecified atom stereocenters. The van der Waals surface area contributed by atoms with Crippen LogP contribution in [0.2, 0.25) is 0 Å². The van der Waals surface area contributed by atoms with Crippen LogP contribution in [0.25, 0.3) is 0 Å². The minimum Gasteiger partial charge on any atom is -0.379 e. The number of carbonyl (C=O) groups excluding carboxylic acids is 1. The van der Waals surface area contributed by atoms with Crippen molar-refractivity contribution in [1.82, 2.24) is 10.2 Å². The number of nitrogens with zero attached hydrogens (tertiary/aromatic N) is 1. The van der Waals surface area contributed by atoms with E-state index >= 15 is 0 Å². The predicted octanol–water partition coefficient (Wildman–Crippen LogP) is 2.39. The van der Waals surface area contributed by atoms with Gasteiger partial charge in [-0.15, -0.1) is 0 Å². The molecule has 0 aromatic carbocycles. The first kappa shape index (κ1) is 13.2.